The fraction of sp³-hybridized carbons (Fsp3) is 0.462. The van der Waals surface area contributed by atoms with E-state index in [4.69, 9.17) is 25.2 Å². The van der Waals surface area contributed by atoms with Crippen LogP contribution in [0.25, 0.3) is 0 Å². The fourth-order valence-corrected chi connectivity index (χ4v) is 1.59. The number of hydrogen-bond donors (Lipinski definition) is 2. The number of amidine groups is 1. The third-order valence-electron chi connectivity index (χ3n) is 2.65. The first-order valence-corrected chi connectivity index (χ1v) is 5.99. The van der Waals surface area contributed by atoms with Crippen LogP contribution in [0.1, 0.15) is 19.8 Å². The monoisotopic (exact) mass is 268 g/mol. The van der Waals surface area contributed by atoms with Gasteiger partial charge in [-0.1, -0.05) is 12.1 Å². The quantitative estimate of drug-likeness (QED) is 0.342. The molecule has 1 atom stereocenters. The number of methoxy groups -OCH3 is 2. The van der Waals surface area contributed by atoms with Gasteiger partial charge in [0.05, 0.1) is 14.2 Å². The van der Waals surface area contributed by atoms with Gasteiger partial charge in [-0.15, -0.1) is 0 Å². The van der Waals surface area contributed by atoms with Gasteiger partial charge in [0.25, 0.3) is 0 Å². The molecule has 0 amide bonds. The highest BCUT2D eigenvalue weighted by molar-refractivity contribution is 5.80. The third kappa shape index (κ3) is 4.57. The van der Waals surface area contributed by atoms with Crippen molar-refractivity contribution in [2.75, 3.05) is 14.2 Å². The molecule has 0 saturated carbocycles. The molecular weight excluding hydrogens is 248 g/mol. The van der Waals surface area contributed by atoms with Gasteiger partial charge in [-0.3, -0.25) is 0 Å². The average molecular weight is 268 g/mol. The smallest absolute Gasteiger partial charge is 0.142 e. The van der Waals surface area contributed by atoms with Crippen LogP contribution in [0.15, 0.2) is 23.4 Å². The van der Waals surface area contributed by atoms with Crippen molar-refractivity contribution in [1.82, 2.24) is 0 Å². The van der Waals surface area contributed by atoms with Gasteiger partial charge in [0.15, 0.2) is 0 Å². The number of nitrogens with two attached hydrogens (primary N) is 1. The summed E-state index contributed by atoms with van der Waals surface area (Å²) in [6, 6.07) is 5.28. The van der Waals surface area contributed by atoms with Crippen LogP contribution in [0.5, 0.6) is 17.2 Å². The van der Waals surface area contributed by atoms with Gasteiger partial charge in [0.2, 0.25) is 0 Å². The lowest BCUT2D eigenvalue weighted by molar-refractivity contribution is 0.201. The number of nitrogens with zero attached hydrogens (tertiary/aromatic N) is 1. The Morgan fingerprint density at radius 2 is 1.74 bits per heavy atom. The molecule has 0 bridgehead atoms. The molecule has 6 heteroatoms. The summed E-state index contributed by atoms with van der Waals surface area (Å²) in [7, 11) is 3.15. The average Bonchev–Trinajstić information content (AvgIpc) is 2.45. The van der Waals surface area contributed by atoms with Crippen LogP contribution in [0, 0.1) is 0 Å². The van der Waals surface area contributed by atoms with E-state index in [0.29, 0.717) is 23.7 Å². The molecule has 3 N–H and O–H groups in total. The SMILES string of the molecule is CCC(C/C(N)=N/O)Oc1cc(OC)cc(OC)c1. The Kier molecular flexibility index (Phi) is 5.78. The summed E-state index contributed by atoms with van der Waals surface area (Å²) in [6.45, 7) is 1.97. The van der Waals surface area contributed by atoms with Crippen molar-refractivity contribution in [2.24, 2.45) is 10.9 Å². The Balaban J connectivity index is 2.84. The summed E-state index contributed by atoms with van der Waals surface area (Å²) in [6.07, 6.45) is 0.912. The minimum Gasteiger partial charge on any atom is -0.496 e. The van der Waals surface area contributed by atoms with Crippen LogP contribution < -0.4 is 19.9 Å². The molecule has 106 valence electrons. The second-order valence-corrected chi connectivity index (χ2v) is 3.99. The number of rotatable bonds is 7. The number of oxime groups is 1. The van der Waals surface area contributed by atoms with E-state index < -0.39 is 0 Å². The van der Waals surface area contributed by atoms with Crippen LogP contribution in [0.4, 0.5) is 0 Å². The minimum absolute atomic E-state index is 0.140. The largest absolute Gasteiger partial charge is 0.496 e. The molecule has 0 aromatic heterocycles. The van der Waals surface area contributed by atoms with Crippen molar-refractivity contribution in [3.63, 3.8) is 0 Å². The Labute approximate surface area is 112 Å². The summed E-state index contributed by atoms with van der Waals surface area (Å²) in [5.74, 6) is 2.05. The van der Waals surface area contributed by atoms with Gasteiger partial charge in [-0.25, -0.2) is 0 Å². The first-order valence-electron chi connectivity index (χ1n) is 5.99. The van der Waals surface area contributed by atoms with Crippen LogP contribution in [0.2, 0.25) is 0 Å². The van der Waals surface area contributed by atoms with E-state index in [0.717, 1.165) is 6.42 Å². The van der Waals surface area contributed by atoms with E-state index in [-0.39, 0.29) is 11.9 Å². The van der Waals surface area contributed by atoms with E-state index in [9.17, 15) is 0 Å². The Morgan fingerprint density at radius 3 is 2.16 bits per heavy atom. The standard InChI is InChI=1S/C13H20N2O4/c1-4-9(8-13(14)15-16)19-12-6-10(17-2)5-11(7-12)18-3/h5-7,9,16H,4,8H2,1-3H3,(H2,14,15). The second-order valence-electron chi connectivity index (χ2n) is 3.99. The fourth-order valence-electron chi connectivity index (χ4n) is 1.59. The molecule has 0 heterocycles. The Bertz CT molecular complexity index is 412. The summed E-state index contributed by atoms with van der Waals surface area (Å²) in [5.41, 5.74) is 5.49. The topological polar surface area (TPSA) is 86.3 Å². The van der Waals surface area contributed by atoms with Crippen molar-refractivity contribution < 1.29 is 19.4 Å². The van der Waals surface area contributed by atoms with Crippen LogP contribution in [-0.4, -0.2) is 31.4 Å². The lowest BCUT2D eigenvalue weighted by Gasteiger charge is -2.18. The van der Waals surface area contributed by atoms with Gasteiger partial charge < -0.3 is 25.2 Å². The maximum Gasteiger partial charge on any atom is 0.142 e. The van der Waals surface area contributed by atoms with E-state index in [1.807, 2.05) is 6.92 Å². The number of ether oxygens (including phenoxy) is 3. The molecule has 0 aliphatic carbocycles. The van der Waals surface area contributed by atoms with Gasteiger partial charge in [-0.2, -0.15) is 0 Å². The normalized spacial score (nSPS) is 12.9. The predicted molar refractivity (Wildman–Crippen MR) is 72.3 cm³/mol. The maximum absolute atomic E-state index is 8.58. The van der Waals surface area contributed by atoms with Crippen molar-refractivity contribution in [1.29, 1.82) is 0 Å². The zero-order valence-electron chi connectivity index (χ0n) is 11.4. The second kappa shape index (κ2) is 7.35. The van der Waals surface area contributed by atoms with Crippen LogP contribution >= 0.6 is 0 Å². The lowest BCUT2D eigenvalue weighted by Crippen LogP contribution is -2.24. The first kappa shape index (κ1) is 14.9. The highest BCUT2D eigenvalue weighted by Gasteiger charge is 2.12. The lowest BCUT2D eigenvalue weighted by atomic mass is 10.2. The van der Waals surface area contributed by atoms with E-state index in [1.54, 1.807) is 32.4 Å². The molecule has 1 aromatic carbocycles. The molecule has 19 heavy (non-hydrogen) atoms. The van der Waals surface area contributed by atoms with Gasteiger partial charge in [0.1, 0.15) is 29.2 Å². The van der Waals surface area contributed by atoms with Crippen molar-refractivity contribution in [3.8, 4) is 17.2 Å². The molecule has 0 aliphatic rings. The van der Waals surface area contributed by atoms with Crippen molar-refractivity contribution in [2.45, 2.75) is 25.9 Å². The Hall–Kier alpha value is -2.11. The van der Waals surface area contributed by atoms with E-state index in [2.05, 4.69) is 5.16 Å². The molecule has 0 saturated heterocycles. The van der Waals surface area contributed by atoms with Crippen molar-refractivity contribution >= 4 is 5.84 Å². The molecule has 0 fully saturated rings. The minimum atomic E-state index is -0.173. The van der Waals surface area contributed by atoms with Gasteiger partial charge in [-0.05, 0) is 6.42 Å². The van der Waals surface area contributed by atoms with E-state index >= 15 is 0 Å². The highest BCUT2D eigenvalue weighted by atomic mass is 16.5. The van der Waals surface area contributed by atoms with E-state index in [1.165, 1.54) is 0 Å². The zero-order valence-corrected chi connectivity index (χ0v) is 11.4. The van der Waals surface area contributed by atoms with Crippen molar-refractivity contribution in [3.05, 3.63) is 18.2 Å². The molecule has 0 radical (unpaired) electrons. The molecule has 1 rings (SSSR count). The summed E-state index contributed by atoms with van der Waals surface area (Å²) >= 11 is 0. The van der Waals surface area contributed by atoms with Crippen LogP contribution in [0.3, 0.4) is 0 Å². The predicted octanol–water partition coefficient (Wildman–Crippen LogP) is 2.00. The summed E-state index contributed by atoms with van der Waals surface area (Å²) < 4.78 is 16.1. The van der Waals surface area contributed by atoms with Crippen LogP contribution in [-0.2, 0) is 0 Å². The molecule has 6 nitrogen and oxygen atoms in total. The zero-order chi connectivity index (χ0) is 14.3. The maximum atomic E-state index is 8.58. The molecule has 1 aromatic rings. The molecule has 1 unspecified atom stereocenters. The molecule has 0 spiro atoms. The third-order valence-corrected chi connectivity index (χ3v) is 2.65. The molecule has 0 aliphatic heterocycles. The first-order chi connectivity index (χ1) is 9.12. The van der Waals surface area contributed by atoms with Gasteiger partial charge in [0, 0.05) is 24.6 Å². The summed E-state index contributed by atoms with van der Waals surface area (Å²) in [4.78, 5) is 0. The molecular formula is C13H20N2O4. The Morgan fingerprint density at radius 1 is 1.21 bits per heavy atom. The van der Waals surface area contributed by atoms with Gasteiger partial charge >= 0.3 is 0 Å². The number of benzene rings is 1. The summed E-state index contributed by atoms with van der Waals surface area (Å²) in [5, 5.41) is 11.5. The highest BCUT2D eigenvalue weighted by Crippen LogP contribution is 2.28. The number of hydrogen-bond acceptors (Lipinski definition) is 5.